The molecule has 1 atom stereocenters. The maximum Gasteiger partial charge on any atom is 0.160 e. The Morgan fingerprint density at radius 2 is 0.693 bits per heavy atom. The molecule has 6 nitrogen and oxygen atoms in total. The molecule has 352 valence electrons. The summed E-state index contributed by atoms with van der Waals surface area (Å²) in [7, 11) is 0. The van der Waals surface area contributed by atoms with Crippen LogP contribution in [0.25, 0.3) is 110 Å². The number of aromatic nitrogens is 2. The lowest BCUT2D eigenvalue weighted by atomic mass is 10.0. The minimum absolute atomic E-state index is 0.395. The standard InChI is InChI=1S/C69H45N5O/c1-4-14-44(15-5-1)47-24-28-50(29-25-47)67-70-68(51-30-26-48(27-31-51)45-16-6-2-7-17-45)72-69(71-67)52-34-38-54(39-35-52)74-62-23-13-11-21-56(62)58-41-43-60-59-42-40-57-55-20-10-12-22-61(55)73(63(57)65(59)75-66(60)64(58)74)53-36-32-49(33-37-53)46-18-8-3-9-19-46/h1-43,69H,(H,70,71,72). The number of furan rings is 1. The molecule has 14 aromatic rings. The van der Waals surface area contributed by atoms with Gasteiger partial charge in [0.2, 0.25) is 0 Å². The van der Waals surface area contributed by atoms with Gasteiger partial charge in [0.05, 0.1) is 22.1 Å². The number of nitrogens with one attached hydrogen (secondary N) is 1. The topological polar surface area (TPSA) is 59.8 Å². The first-order valence-corrected chi connectivity index (χ1v) is 25.5. The van der Waals surface area contributed by atoms with Crippen molar-refractivity contribution in [2.45, 2.75) is 6.17 Å². The summed E-state index contributed by atoms with van der Waals surface area (Å²) in [5.41, 5.74) is 18.1. The first-order chi connectivity index (χ1) is 37.2. The van der Waals surface area contributed by atoms with Crippen LogP contribution in [0.4, 0.5) is 0 Å². The van der Waals surface area contributed by atoms with Gasteiger partial charge in [-0.15, -0.1) is 0 Å². The lowest BCUT2D eigenvalue weighted by Gasteiger charge is -2.24. The van der Waals surface area contributed by atoms with Crippen LogP contribution in [0.5, 0.6) is 0 Å². The molecule has 75 heavy (non-hydrogen) atoms. The van der Waals surface area contributed by atoms with E-state index in [-0.39, 0.29) is 0 Å². The number of hydrogen-bond donors (Lipinski definition) is 1. The SMILES string of the molecule is c1ccc(-c2ccc(C3=NC(c4ccc(-n5c6ccccc6c6ccc7c8ccc9c%10ccccc%10n(-c%10ccc(-c%11ccccc%11)cc%10)c9c8oc7c65)cc4)NC(c4ccc(-c5ccccc5)cc4)=N3)cc2)cc1. The molecule has 0 saturated carbocycles. The molecule has 0 amide bonds. The molecular weight excluding hydrogens is 915 g/mol. The second-order valence-corrected chi connectivity index (χ2v) is 19.3. The van der Waals surface area contributed by atoms with Crippen LogP contribution in [0.3, 0.4) is 0 Å². The third-order valence-electron chi connectivity index (χ3n) is 15.0. The van der Waals surface area contributed by atoms with E-state index in [1.54, 1.807) is 0 Å². The summed E-state index contributed by atoms with van der Waals surface area (Å²) in [6.45, 7) is 0. The molecule has 0 spiro atoms. The Labute approximate surface area is 432 Å². The van der Waals surface area contributed by atoms with Crippen LogP contribution >= 0.6 is 0 Å². The van der Waals surface area contributed by atoms with Gasteiger partial charge in [-0.1, -0.05) is 212 Å². The Morgan fingerprint density at radius 1 is 0.320 bits per heavy atom. The van der Waals surface area contributed by atoms with Gasteiger partial charge in [-0.25, -0.2) is 9.98 Å². The third-order valence-corrected chi connectivity index (χ3v) is 15.0. The molecule has 1 N–H and O–H groups in total. The highest BCUT2D eigenvalue weighted by molar-refractivity contribution is 6.26. The molecule has 1 unspecified atom stereocenters. The second-order valence-electron chi connectivity index (χ2n) is 19.3. The first kappa shape index (κ1) is 42.6. The van der Waals surface area contributed by atoms with Crippen molar-refractivity contribution in [1.29, 1.82) is 0 Å². The van der Waals surface area contributed by atoms with Crippen molar-refractivity contribution in [3.63, 3.8) is 0 Å². The molecule has 0 fully saturated rings. The Bertz CT molecular complexity index is 4550. The summed E-state index contributed by atoms with van der Waals surface area (Å²) in [6.07, 6.45) is -0.395. The summed E-state index contributed by atoms with van der Waals surface area (Å²) in [6, 6.07) is 92.7. The van der Waals surface area contributed by atoms with Crippen molar-refractivity contribution in [3.05, 3.63) is 278 Å². The zero-order valence-corrected chi connectivity index (χ0v) is 40.6. The van der Waals surface area contributed by atoms with E-state index in [2.05, 4.69) is 263 Å². The molecule has 0 radical (unpaired) electrons. The zero-order chi connectivity index (χ0) is 49.4. The first-order valence-electron chi connectivity index (χ1n) is 25.5. The number of nitrogens with zero attached hydrogens (tertiary/aromatic N) is 4. The number of amidine groups is 2. The minimum atomic E-state index is -0.395. The van der Waals surface area contributed by atoms with E-state index in [1.807, 2.05) is 12.1 Å². The lowest BCUT2D eigenvalue weighted by Crippen LogP contribution is -2.33. The number of para-hydroxylation sites is 2. The number of benzene rings is 11. The molecule has 15 rings (SSSR count). The monoisotopic (exact) mass is 959 g/mol. The molecule has 1 aliphatic heterocycles. The van der Waals surface area contributed by atoms with Gasteiger partial charge in [0, 0.05) is 54.8 Å². The quantitative estimate of drug-likeness (QED) is 0.165. The highest BCUT2D eigenvalue weighted by Crippen LogP contribution is 2.45. The molecule has 4 heterocycles. The zero-order valence-electron chi connectivity index (χ0n) is 40.6. The number of hydrogen-bond acceptors (Lipinski definition) is 4. The predicted molar refractivity (Wildman–Crippen MR) is 311 cm³/mol. The van der Waals surface area contributed by atoms with Crippen LogP contribution in [-0.2, 0) is 0 Å². The van der Waals surface area contributed by atoms with Crippen LogP contribution in [0.1, 0.15) is 22.9 Å². The van der Waals surface area contributed by atoms with E-state index in [9.17, 15) is 0 Å². The minimum Gasteiger partial charge on any atom is -0.452 e. The van der Waals surface area contributed by atoms with Gasteiger partial charge in [-0.2, -0.15) is 0 Å². The Balaban J connectivity index is 0.853. The van der Waals surface area contributed by atoms with Crippen molar-refractivity contribution in [1.82, 2.24) is 14.5 Å². The van der Waals surface area contributed by atoms with Crippen LogP contribution in [0.2, 0.25) is 0 Å². The number of fused-ring (bicyclic) bond motifs is 11. The number of rotatable bonds is 8. The largest absolute Gasteiger partial charge is 0.452 e. The van der Waals surface area contributed by atoms with E-state index in [0.717, 1.165) is 105 Å². The summed E-state index contributed by atoms with van der Waals surface area (Å²) in [4.78, 5) is 10.5. The fourth-order valence-corrected chi connectivity index (χ4v) is 11.4. The average Bonchev–Trinajstić information content (AvgIpc) is 4.16. The predicted octanol–water partition coefficient (Wildman–Crippen LogP) is 17.3. The maximum atomic E-state index is 7.36. The molecule has 0 aliphatic carbocycles. The number of aliphatic imine (C=N–C) groups is 2. The van der Waals surface area contributed by atoms with E-state index < -0.39 is 6.17 Å². The molecule has 3 aromatic heterocycles. The molecule has 0 bridgehead atoms. The summed E-state index contributed by atoms with van der Waals surface area (Å²) in [5, 5.41) is 10.5. The van der Waals surface area contributed by atoms with Crippen LogP contribution in [0.15, 0.2) is 275 Å². The maximum absolute atomic E-state index is 7.36. The molecule has 0 saturated heterocycles. The van der Waals surface area contributed by atoms with Gasteiger partial charge in [0.15, 0.2) is 17.0 Å². The van der Waals surface area contributed by atoms with Crippen molar-refractivity contribution >= 4 is 77.2 Å². The van der Waals surface area contributed by atoms with Crippen molar-refractivity contribution < 1.29 is 4.42 Å². The van der Waals surface area contributed by atoms with Gasteiger partial charge in [-0.3, -0.25) is 0 Å². The average molecular weight is 960 g/mol. The molecular formula is C69H45N5O. The van der Waals surface area contributed by atoms with Crippen molar-refractivity contribution in [2.75, 3.05) is 0 Å². The third kappa shape index (κ3) is 7.10. The lowest BCUT2D eigenvalue weighted by molar-refractivity contribution is 0.672. The normalized spacial score (nSPS) is 13.7. The van der Waals surface area contributed by atoms with Crippen molar-refractivity contribution in [2.24, 2.45) is 9.98 Å². The Kier molecular flexibility index (Phi) is 9.85. The van der Waals surface area contributed by atoms with Gasteiger partial charge in [-0.05, 0) is 87.5 Å². The smallest absolute Gasteiger partial charge is 0.160 e. The molecule has 1 aliphatic rings. The van der Waals surface area contributed by atoms with Crippen LogP contribution in [-0.4, -0.2) is 20.8 Å². The highest BCUT2D eigenvalue weighted by atomic mass is 16.3. The summed E-state index contributed by atoms with van der Waals surface area (Å²) < 4.78 is 12.1. The highest BCUT2D eigenvalue weighted by Gasteiger charge is 2.25. The van der Waals surface area contributed by atoms with Crippen LogP contribution in [0, 0.1) is 0 Å². The van der Waals surface area contributed by atoms with Gasteiger partial charge >= 0.3 is 0 Å². The van der Waals surface area contributed by atoms with E-state index in [1.165, 1.54) is 27.6 Å². The van der Waals surface area contributed by atoms with Crippen LogP contribution < -0.4 is 5.32 Å². The summed E-state index contributed by atoms with van der Waals surface area (Å²) in [5.74, 6) is 1.45. The van der Waals surface area contributed by atoms with Gasteiger partial charge in [0.1, 0.15) is 12.0 Å². The van der Waals surface area contributed by atoms with Crippen molar-refractivity contribution in [3.8, 4) is 44.8 Å². The van der Waals surface area contributed by atoms with E-state index >= 15 is 0 Å². The fourth-order valence-electron chi connectivity index (χ4n) is 11.4. The van der Waals surface area contributed by atoms with E-state index in [4.69, 9.17) is 14.4 Å². The molecule has 6 heteroatoms. The Hall–Kier alpha value is -10.0. The summed E-state index contributed by atoms with van der Waals surface area (Å²) >= 11 is 0. The molecule has 11 aromatic carbocycles. The second kappa shape index (κ2) is 17.3. The fraction of sp³-hybridized carbons (Fsp3) is 0.0145. The van der Waals surface area contributed by atoms with Gasteiger partial charge < -0.3 is 18.9 Å². The van der Waals surface area contributed by atoms with Gasteiger partial charge in [0.25, 0.3) is 0 Å². The van der Waals surface area contributed by atoms with E-state index in [0.29, 0.717) is 5.84 Å². The Morgan fingerprint density at radius 3 is 1.17 bits per heavy atom.